The number of rotatable bonds is 3. The molecule has 1 aliphatic heterocycles. The number of piperidine rings is 1. The first-order valence-corrected chi connectivity index (χ1v) is 6.48. The zero-order chi connectivity index (χ0) is 13.1. The molecule has 19 heavy (non-hydrogen) atoms. The summed E-state index contributed by atoms with van der Waals surface area (Å²) in [5, 5.41) is 0. The maximum Gasteiger partial charge on any atom is 0.297 e. The van der Waals surface area contributed by atoms with Crippen molar-refractivity contribution in [3.8, 4) is 0 Å². The van der Waals surface area contributed by atoms with Crippen molar-refractivity contribution in [2.45, 2.75) is 19.4 Å². The van der Waals surface area contributed by atoms with Crippen LogP contribution in [0.2, 0.25) is 0 Å². The van der Waals surface area contributed by atoms with E-state index in [0.717, 1.165) is 32.5 Å². The highest BCUT2D eigenvalue weighted by molar-refractivity contribution is 5.25. The molecular formula is C13H16N4O2. The van der Waals surface area contributed by atoms with Crippen LogP contribution in [-0.4, -0.2) is 27.6 Å². The van der Waals surface area contributed by atoms with Crippen molar-refractivity contribution in [1.82, 2.24) is 14.5 Å². The van der Waals surface area contributed by atoms with Gasteiger partial charge in [-0.2, -0.15) is 0 Å². The Morgan fingerprint density at radius 3 is 2.84 bits per heavy atom. The fourth-order valence-electron chi connectivity index (χ4n) is 2.47. The van der Waals surface area contributed by atoms with E-state index in [-0.39, 0.29) is 5.56 Å². The smallest absolute Gasteiger partial charge is 0.297 e. The van der Waals surface area contributed by atoms with Gasteiger partial charge in [0.1, 0.15) is 6.26 Å². The Kier molecular flexibility index (Phi) is 3.31. The van der Waals surface area contributed by atoms with Gasteiger partial charge in [0.2, 0.25) is 0 Å². The summed E-state index contributed by atoms with van der Waals surface area (Å²) < 4.78 is 6.98. The second-order valence-corrected chi connectivity index (χ2v) is 4.82. The number of hydrogen-bond donors (Lipinski definition) is 0. The zero-order valence-corrected chi connectivity index (χ0v) is 10.6. The lowest BCUT2D eigenvalue weighted by Crippen LogP contribution is -2.36. The molecule has 1 aliphatic rings. The van der Waals surface area contributed by atoms with Gasteiger partial charge in [0.25, 0.3) is 11.6 Å². The molecular weight excluding hydrogens is 244 g/mol. The van der Waals surface area contributed by atoms with Crippen LogP contribution in [-0.2, 0) is 6.54 Å². The Morgan fingerprint density at radius 2 is 2.16 bits per heavy atom. The summed E-state index contributed by atoms with van der Waals surface area (Å²) in [5.74, 6) is 0.508. The zero-order valence-electron chi connectivity index (χ0n) is 10.6. The van der Waals surface area contributed by atoms with E-state index in [0.29, 0.717) is 11.9 Å². The van der Waals surface area contributed by atoms with Crippen LogP contribution in [0.3, 0.4) is 0 Å². The van der Waals surface area contributed by atoms with Crippen molar-refractivity contribution in [1.29, 1.82) is 0 Å². The molecule has 0 aromatic carbocycles. The summed E-state index contributed by atoms with van der Waals surface area (Å²) >= 11 is 0. The maximum atomic E-state index is 11.6. The Hall–Kier alpha value is -2.11. The predicted octanol–water partition coefficient (Wildman–Crippen LogP) is 1.15. The van der Waals surface area contributed by atoms with E-state index >= 15 is 0 Å². The molecule has 0 bridgehead atoms. The molecule has 3 heterocycles. The molecule has 6 nitrogen and oxygen atoms in total. The van der Waals surface area contributed by atoms with Gasteiger partial charge in [0.15, 0.2) is 0 Å². The first-order valence-electron chi connectivity index (χ1n) is 6.48. The van der Waals surface area contributed by atoms with E-state index in [1.54, 1.807) is 23.4 Å². The Bertz CT molecular complexity index is 570. The Balaban J connectivity index is 1.59. The first kappa shape index (κ1) is 12.0. The van der Waals surface area contributed by atoms with Crippen LogP contribution in [0.1, 0.15) is 12.8 Å². The normalized spacial score (nSPS) is 16.7. The minimum atomic E-state index is 0.0186. The molecule has 6 heteroatoms. The minimum absolute atomic E-state index is 0.0186. The number of nitrogens with zero attached hydrogens (tertiary/aromatic N) is 4. The molecule has 2 aromatic heterocycles. The van der Waals surface area contributed by atoms with E-state index in [4.69, 9.17) is 4.42 Å². The van der Waals surface area contributed by atoms with Crippen molar-refractivity contribution in [3.05, 3.63) is 41.4 Å². The van der Waals surface area contributed by atoms with Gasteiger partial charge < -0.3 is 9.32 Å². The van der Waals surface area contributed by atoms with Gasteiger partial charge in [-0.15, -0.1) is 0 Å². The van der Waals surface area contributed by atoms with Gasteiger partial charge in [0, 0.05) is 31.9 Å². The summed E-state index contributed by atoms with van der Waals surface area (Å²) in [7, 11) is 0. The third-order valence-corrected chi connectivity index (χ3v) is 3.55. The van der Waals surface area contributed by atoms with E-state index in [1.165, 1.54) is 12.3 Å². The lowest BCUT2D eigenvalue weighted by molar-refractivity contribution is 0.341. The second kappa shape index (κ2) is 5.26. The summed E-state index contributed by atoms with van der Waals surface area (Å²) in [5.41, 5.74) is 0.0186. The van der Waals surface area contributed by atoms with Gasteiger partial charge in [-0.3, -0.25) is 9.36 Å². The van der Waals surface area contributed by atoms with Crippen LogP contribution >= 0.6 is 0 Å². The summed E-state index contributed by atoms with van der Waals surface area (Å²) in [6.45, 7) is 2.58. The van der Waals surface area contributed by atoms with Gasteiger partial charge >= 0.3 is 0 Å². The molecule has 0 N–H and O–H groups in total. The average molecular weight is 260 g/mol. The van der Waals surface area contributed by atoms with Gasteiger partial charge in [0.05, 0.1) is 12.5 Å². The Morgan fingerprint density at radius 1 is 1.32 bits per heavy atom. The van der Waals surface area contributed by atoms with Crippen molar-refractivity contribution in [3.63, 3.8) is 0 Å². The van der Waals surface area contributed by atoms with Crippen LogP contribution in [0.4, 0.5) is 6.01 Å². The highest BCUT2D eigenvalue weighted by Gasteiger charge is 2.22. The number of oxazole rings is 1. The molecule has 1 saturated heterocycles. The largest absolute Gasteiger partial charge is 0.432 e. The fourth-order valence-corrected chi connectivity index (χ4v) is 2.47. The van der Waals surface area contributed by atoms with Crippen molar-refractivity contribution < 1.29 is 4.42 Å². The van der Waals surface area contributed by atoms with Crippen molar-refractivity contribution >= 4 is 6.01 Å². The number of anilines is 1. The average Bonchev–Trinajstić information content (AvgIpc) is 2.96. The van der Waals surface area contributed by atoms with Crippen LogP contribution in [0, 0.1) is 5.92 Å². The predicted molar refractivity (Wildman–Crippen MR) is 69.9 cm³/mol. The topological polar surface area (TPSA) is 64.2 Å². The third-order valence-electron chi connectivity index (χ3n) is 3.55. The van der Waals surface area contributed by atoms with Gasteiger partial charge in [-0.25, -0.2) is 9.97 Å². The van der Waals surface area contributed by atoms with Crippen LogP contribution < -0.4 is 10.5 Å². The molecule has 3 rings (SSSR count). The van der Waals surface area contributed by atoms with Crippen molar-refractivity contribution in [2.75, 3.05) is 18.0 Å². The lowest BCUT2D eigenvalue weighted by Gasteiger charge is -2.30. The standard InChI is InChI=1S/C13H16N4O2/c18-12-1-4-14-10-17(12)9-11-2-6-16(7-3-11)13-15-5-8-19-13/h1,4-5,8,10-11H,2-3,6-7,9H2. The first-order chi connectivity index (χ1) is 9.33. The van der Waals surface area contributed by atoms with Crippen LogP contribution in [0.5, 0.6) is 0 Å². The maximum absolute atomic E-state index is 11.6. The number of aromatic nitrogens is 3. The van der Waals surface area contributed by atoms with E-state index in [1.807, 2.05) is 0 Å². The van der Waals surface area contributed by atoms with E-state index < -0.39 is 0 Å². The molecule has 0 saturated carbocycles. The molecule has 100 valence electrons. The van der Waals surface area contributed by atoms with Gasteiger partial charge in [-0.1, -0.05) is 0 Å². The second-order valence-electron chi connectivity index (χ2n) is 4.82. The summed E-state index contributed by atoms with van der Waals surface area (Å²) in [6, 6.07) is 2.19. The molecule has 0 unspecified atom stereocenters. The fraction of sp³-hybridized carbons (Fsp3) is 0.462. The Labute approximate surface area is 110 Å². The molecule has 0 atom stereocenters. The van der Waals surface area contributed by atoms with Crippen LogP contribution in [0.25, 0.3) is 0 Å². The summed E-state index contributed by atoms with van der Waals surface area (Å²) in [4.78, 5) is 21.9. The quantitative estimate of drug-likeness (QED) is 0.828. The monoisotopic (exact) mass is 260 g/mol. The van der Waals surface area contributed by atoms with E-state index in [9.17, 15) is 4.79 Å². The summed E-state index contributed by atoms with van der Waals surface area (Å²) in [6.07, 6.45) is 8.47. The van der Waals surface area contributed by atoms with Gasteiger partial charge in [-0.05, 0) is 18.8 Å². The van der Waals surface area contributed by atoms with Crippen LogP contribution in [0.15, 0.2) is 40.3 Å². The lowest BCUT2D eigenvalue weighted by atomic mass is 9.97. The number of hydrogen-bond acceptors (Lipinski definition) is 5. The molecule has 2 aromatic rings. The minimum Gasteiger partial charge on any atom is -0.432 e. The van der Waals surface area contributed by atoms with E-state index in [2.05, 4.69) is 14.9 Å². The molecule has 0 spiro atoms. The molecule has 0 amide bonds. The molecule has 0 aliphatic carbocycles. The molecule has 1 fully saturated rings. The highest BCUT2D eigenvalue weighted by Crippen LogP contribution is 2.22. The third kappa shape index (κ3) is 2.67. The highest BCUT2D eigenvalue weighted by atomic mass is 16.4. The van der Waals surface area contributed by atoms with Crippen molar-refractivity contribution in [2.24, 2.45) is 5.92 Å². The SMILES string of the molecule is O=c1ccncn1CC1CCN(c2ncco2)CC1. The molecule has 0 radical (unpaired) electrons.